The first-order valence-electron chi connectivity index (χ1n) is 3.78. The van der Waals surface area contributed by atoms with E-state index in [-0.39, 0.29) is 11.5 Å². The smallest absolute Gasteiger partial charge is 0.0222 e. The maximum Gasteiger partial charge on any atom is 0.0222 e. The third-order valence-corrected chi connectivity index (χ3v) is 1.38. The quantitative estimate of drug-likeness (QED) is 0.557. The summed E-state index contributed by atoms with van der Waals surface area (Å²) in [4.78, 5) is 0. The molecular weight excluding hydrogens is 122 g/mol. The van der Waals surface area contributed by atoms with Crippen LogP contribution in [0, 0.1) is 5.41 Å². The zero-order valence-electron chi connectivity index (χ0n) is 7.73. The lowest BCUT2D eigenvalue weighted by Gasteiger charge is -2.15. The van der Waals surface area contributed by atoms with Crippen LogP contribution < -0.4 is 5.73 Å². The Kier molecular flexibility index (Phi) is 3.10. The standard InChI is InChI=1S/C9H19N/c1-7(8(2)10)6-9(3,4)5/h6,8H,10H2,1-5H3. The van der Waals surface area contributed by atoms with Gasteiger partial charge in [0.15, 0.2) is 0 Å². The van der Waals surface area contributed by atoms with Crippen LogP contribution in [0.25, 0.3) is 0 Å². The third kappa shape index (κ3) is 4.57. The fourth-order valence-electron chi connectivity index (χ4n) is 0.814. The van der Waals surface area contributed by atoms with Gasteiger partial charge in [-0.15, -0.1) is 0 Å². The Bertz CT molecular complexity index is 126. The molecule has 10 heavy (non-hydrogen) atoms. The van der Waals surface area contributed by atoms with Crippen molar-refractivity contribution in [3.8, 4) is 0 Å². The van der Waals surface area contributed by atoms with Gasteiger partial charge in [0, 0.05) is 6.04 Å². The number of hydrogen-bond donors (Lipinski definition) is 1. The molecule has 0 bridgehead atoms. The van der Waals surface area contributed by atoms with Crippen molar-refractivity contribution in [2.45, 2.75) is 40.7 Å². The average Bonchev–Trinajstić information content (AvgIpc) is 1.60. The Labute approximate surface area is 64.3 Å². The van der Waals surface area contributed by atoms with Gasteiger partial charge in [-0.1, -0.05) is 32.4 Å². The molecule has 0 aromatic rings. The van der Waals surface area contributed by atoms with Gasteiger partial charge in [0.1, 0.15) is 0 Å². The first-order chi connectivity index (χ1) is 4.33. The molecule has 0 fully saturated rings. The van der Waals surface area contributed by atoms with Gasteiger partial charge >= 0.3 is 0 Å². The van der Waals surface area contributed by atoms with Crippen LogP contribution in [0.15, 0.2) is 11.6 Å². The van der Waals surface area contributed by atoms with Crippen molar-refractivity contribution in [2.24, 2.45) is 11.1 Å². The van der Waals surface area contributed by atoms with Crippen LogP contribution in [0.5, 0.6) is 0 Å². The van der Waals surface area contributed by atoms with Crippen molar-refractivity contribution in [1.82, 2.24) is 0 Å². The molecule has 0 saturated heterocycles. The fourth-order valence-corrected chi connectivity index (χ4v) is 0.814. The third-order valence-electron chi connectivity index (χ3n) is 1.38. The molecule has 0 radical (unpaired) electrons. The molecule has 0 aromatic carbocycles. The molecule has 1 unspecified atom stereocenters. The second-order valence-corrected chi connectivity index (χ2v) is 4.04. The predicted molar refractivity (Wildman–Crippen MR) is 46.9 cm³/mol. The van der Waals surface area contributed by atoms with E-state index < -0.39 is 0 Å². The molecule has 0 aromatic heterocycles. The summed E-state index contributed by atoms with van der Waals surface area (Å²) in [5.74, 6) is 0. The van der Waals surface area contributed by atoms with Crippen molar-refractivity contribution in [2.75, 3.05) is 0 Å². The molecule has 0 aliphatic heterocycles. The van der Waals surface area contributed by atoms with Crippen molar-refractivity contribution in [1.29, 1.82) is 0 Å². The highest BCUT2D eigenvalue weighted by atomic mass is 14.6. The Morgan fingerprint density at radius 1 is 1.40 bits per heavy atom. The summed E-state index contributed by atoms with van der Waals surface area (Å²) in [7, 11) is 0. The van der Waals surface area contributed by atoms with Gasteiger partial charge in [-0.25, -0.2) is 0 Å². The number of nitrogens with two attached hydrogens (primary N) is 1. The molecule has 0 rings (SSSR count). The van der Waals surface area contributed by atoms with Crippen LogP contribution >= 0.6 is 0 Å². The van der Waals surface area contributed by atoms with Gasteiger partial charge in [0.25, 0.3) is 0 Å². The molecule has 1 atom stereocenters. The Balaban J connectivity index is 4.17. The minimum absolute atomic E-state index is 0.194. The van der Waals surface area contributed by atoms with Gasteiger partial charge in [0.05, 0.1) is 0 Å². The summed E-state index contributed by atoms with van der Waals surface area (Å²) < 4.78 is 0. The zero-order chi connectivity index (χ0) is 8.36. The number of allylic oxidation sites excluding steroid dienone is 1. The molecule has 0 heterocycles. The van der Waals surface area contributed by atoms with E-state index >= 15 is 0 Å². The maximum absolute atomic E-state index is 5.67. The molecule has 0 aliphatic carbocycles. The number of rotatable bonds is 1. The van der Waals surface area contributed by atoms with Gasteiger partial charge in [-0.2, -0.15) is 0 Å². The van der Waals surface area contributed by atoms with Crippen LogP contribution in [0.1, 0.15) is 34.6 Å². The van der Waals surface area contributed by atoms with E-state index in [0.29, 0.717) is 0 Å². The van der Waals surface area contributed by atoms with Crippen LogP contribution in [-0.4, -0.2) is 6.04 Å². The normalized spacial score (nSPS) is 17.2. The summed E-state index contributed by atoms with van der Waals surface area (Å²) in [5, 5.41) is 0. The molecule has 1 nitrogen and oxygen atoms in total. The molecule has 1 heteroatoms. The summed E-state index contributed by atoms with van der Waals surface area (Å²) in [6.45, 7) is 10.6. The van der Waals surface area contributed by atoms with E-state index in [1.54, 1.807) is 0 Å². The summed E-state index contributed by atoms with van der Waals surface area (Å²) in [6, 6.07) is 0.194. The molecule has 0 saturated carbocycles. The molecule has 0 spiro atoms. The highest BCUT2D eigenvalue weighted by molar-refractivity contribution is 5.09. The van der Waals surface area contributed by atoms with E-state index in [1.807, 2.05) is 6.92 Å². The highest BCUT2D eigenvalue weighted by Crippen LogP contribution is 2.17. The molecule has 2 N–H and O–H groups in total. The minimum Gasteiger partial charge on any atom is -0.324 e. The van der Waals surface area contributed by atoms with Crippen LogP contribution in [-0.2, 0) is 0 Å². The van der Waals surface area contributed by atoms with Gasteiger partial charge in [-0.05, 0) is 19.3 Å². The monoisotopic (exact) mass is 141 g/mol. The van der Waals surface area contributed by atoms with Crippen LogP contribution in [0.2, 0.25) is 0 Å². The van der Waals surface area contributed by atoms with Gasteiger partial charge in [-0.3, -0.25) is 0 Å². The Hall–Kier alpha value is -0.300. The SMILES string of the molecule is CC(=CC(C)(C)C)C(C)N. The summed E-state index contributed by atoms with van der Waals surface area (Å²) in [6.07, 6.45) is 2.22. The maximum atomic E-state index is 5.67. The van der Waals surface area contributed by atoms with Crippen molar-refractivity contribution in [3.05, 3.63) is 11.6 Å². The average molecular weight is 141 g/mol. The van der Waals surface area contributed by atoms with Gasteiger partial charge in [0.2, 0.25) is 0 Å². The second kappa shape index (κ2) is 3.20. The van der Waals surface area contributed by atoms with Gasteiger partial charge < -0.3 is 5.73 Å². The van der Waals surface area contributed by atoms with E-state index in [2.05, 4.69) is 33.8 Å². The van der Waals surface area contributed by atoms with E-state index in [0.717, 1.165) is 0 Å². The Morgan fingerprint density at radius 2 is 1.80 bits per heavy atom. The topological polar surface area (TPSA) is 26.0 Å². The zero-order valence-corrected chi connectivity index (χ0v) is 7.73. The minimum atomic E-state index is 0.194. The van der Waals surface area contributed by atoms with Crippen LogP contribution in [0.4, 0.5) is 0 Å². The predicted octanol–water partition coefficient (Wildman–Crippen LogP) is 2.33. The van der Waals surface area contributed by atoms with Crippen LogP contribution in [0.3, 0.4) is 0 Å². The van der Waals surface area contributed by atoms with E-state index in [1.165, 1.54) is 5.57 Å². The molecule has 0 aliphatic rings. The van der Waals surface area contributed by atoms with E-state index in [4.69, 9.17) is 5.73 Å². The molecule has 60 valence electrons. The second-order valence-electron chi connectivity index (χ2n) is 4.04. The highest BCUT2D eigenvalue weighted by Gasteiger charge is 2.07. The lowest BCUT2D eigenvalue weighted by molar-refractivity contribution is 0.535. The largest absolute Gasteiger partial charge is 0.324 e. The van der Waals surface area contributed by atoms with E-state index in [9.17, 15) is 0 Å². The van der Waals surface area contributed by atoms with Crippen molar-refractivity contribution < 1.29 is 0 Å². The number of hydrogen-bond acceptors (Lipinski definition) is 1. The fraction of sp³-hybridized carbons (Fsp3) is 0.778. The molecule has 0 amide bonds. The summed E-state index contributed by atoms with van der Waals surface area (Å²) in [5.41, 5.74) is 7.21. The lowest BCUT2D eigenvalue weighted by atomic mass is 9.92. The lowest BCUT2D eigenvalue weighted by Crippen LogP contribution is -2.17. The summed E-state index contributed by atoms with van der Waals surface area (Å²) >= 11 is 0. The van der Waals surface area contributed by atoms with Crippen molar-refractivity contribution >= 4 is 0 Å². The van der Waals surface area contributed by atoms with Crippen molar-refractivity contribution in [3.63, 3.8) is 0 Å². The first-order valence-corrected chi connectivity index (χ1v) is 3.78. The molecular formula is C9H19N. The first kappa shape index (κ1) is 9.70. The Morgan fingerprint density at radius 3 is 1.90 bits per heavy atom.